The molecular weight excluding hydrogens is 313 g/mol. The summed E-state index contributed by atoms with van der Waals surface area (Å²) in [5.74, 6) is 0. The monoisotopic (exact) mass is 319 g/mol. The van der Waals surface area contributed by atoms with Gasteiger partial charge in [0.2, 0.25) is 0 Å². The number of nitrogens with one attached hydrogen (secondary N) is 1. The van der Waals surface area contributed by atoms with Crippen molar-refractivity contribution in [2.24, 2.45) is 0 Å². The van der Waals surface area contributed by atoms with E-state index in [0.717, 1.165) is 6.54 Å². The van der Waals surface area contributed by atoms with Gasteiger partial charge in [-0.25, -0.2) is 0 Å². The first kappa shape index (κ1) is 14.2. The molecule has 0 unspecified atom stereocenters. The standard InChI is InChI=1S/C7H8BrN.Cl2O2S/c8-9-6-7-4-2-1-3-5-7;1-5(2,3)4/h1-5,9H,6H2;. The van der Waals surface area contributed by atoms with Gasteiger partial charge in [0.05, 0.1) is 0 Å². The Morgan fingerprint density at radius 2 is 1.64 bits per heavy atom. The maximum absolute atomic E-state index is 9.16. The van der Waals surface area contributed by atoms with E-state index in [1.807, 2.05) is 18.2 Å². The van der Waals surface area contributed by atoms with E-state index in [1.165, 1.54) is 5.56 Å². The summed E-state index contributed by atoms with van der Waals surface area (Å²) in [5.41, 5.74) is 1.29. The summed E-state index contributed by atoms with van der Waals surface area (Å²) < 4.78 is 21.2. The molecule has 0 aliphatic carbocycles. The minimum absolute atomic E-state index is 0.876. The van der Waals surface area contributed by atoms with Gasteiger partial charge in [-0.15, -0.1) is 0 Å². The fourth-order valence-corrected chi connectivity index (χ4v) is 0.997. The molecular formula is C7H8BrCl2NO2S. The molecule has 0 aliphatic heterocycles. The predicted octanol–water partition coefficient (Wildman–Crippen LogP) is 2.79. The number of halogens is 3. The van der Waals surface area contributed by atoms with Crippen molar-refractivity contribution in [3.8, 4) is 0 Å². The summed E-state index contributed by atoms with van der Waals surface area (Å²) in [6, 6.07) is 10.2. The zero-order chi connectivity index (χ0) is 11.0. The van der Waals surface area contributed by atoms with E-state index in [0.29, 0.717) is 0 Å². The Kier molecular flexibility index (Phi) is 7.58. The van der Waals surface area contributed by atoms with Crippen LogP contribution in [0.5, 0.6) is 0 Å². The third-order valence-electron chi connectivity index (χ3n) is 1.11. The minimum Gasteiger partial charge on any atom is -0.251 e. The van der Waals surface area contributed by atoms with Crippen LogP contribution in [0.1, 0.15) is 5.56 Å². The molecule has 0 saturated heterocycles. The van der Waals surface area contributed by atoms with Gasteiger partial charge in [0, 0.05) is 44.1 Å². The lowest BCUT2D eigenvalue weighted by Crippen LogP contribution is -1.95. The number of hydrogen-bond donors (Lipinski definition) is 1. The summed E-state index contributed by atoms with van der Waals surface area (Å²) >= 11 is 3.14. The van der Waals surface area contributed by atoms with E-state index >= 15 is 0 Å². The van der Waals surface area contributed by atoms with Gasteiger partial charge in [0.15, 0.2) is 0 Å². The summed E-state index contributed by atoms with van der Waals surface area (Å²) in [7, 11) is 4.81. The normalized spacial score (nSPS) is 10.2. The molecule has 1 aromatic rings. The third-order valence-corrected chi connectivity index (χ3v) is 1.39. The summed E-state index contributed by atoms with van der Waals surface area (Å²) in [5, 5.41) is 0. The molecule has 14 heavy (non-hydrogen) atoms. The molecule has 0 radical (unpaired) electrons. The molecule has 1 aromatic carbocycles. The van der Waals surface area contributed by atoms with Crippen LogP contribution in [0.3, 0.4) is 0 Å². The average molecular weight is 321 g/mol. The van der Waals surface area contributed by atoms with Gasteiger partial charge in [0.25, 0.3) is 0 Å². The second-order valence-electron chi connectivity index (χ2n) is 2.17. The van der Waals surface area contributed by atoms with Gasteiger partial charge < -0.3 is 0 Å². The van der Waals surface area contributed by atoms with Crippen LogP contribution in [-0.2, 0) is 14.8 Å². The Morgan fingerprint density at radius 1 is 1.21 bits per heavy atom. The van der Waals surface area contributed by atoms with E-state index in [1.54, 1.807) is 0 Å². The SMILES string of the molecule is BrNCc1ccccc1.O=S(=O)(Cl)Cl. The Morgan fingerprint density at radius 3 is 2.00 bits per heavy atom. The molecule has 3 nitrogen and oxygen atoms in total. The molecule has 0 saturated carbocycles. The summed E-state index contributed by atoms with van der Waals surface area (Å²) in [4.78, 5) is 0. The topological polar surface area (TPSA) is 46.2 Å². The molecule has 1 N–H and O–H groups in total. The lowest BCUT2D eigenvalue weighted by Gasteiger charge is -1.94. The second kappa shape index (κ2) is 7.48. The first-order valence-electron chi connectivity index (χ1n) is 3.45. The zero-order valence-electron chi connectivity index (χ0n) is 6.95. The smallest absolute Gasteiger partial charge is 0.251 e. The van der Waals surface area contributed by atoms with Crippen LogP contribution in [0.2, 0.25) is 0 Å². The maximum Gasteiger partial charge on any atom is 0.317 e. The number of rotatable bonds is 2. The highest BCUT2D eigenvalue weighted by atomic mass is 79.9. The quantitative estimate of drug-likeness (QED) is 0.673. The number of hydrogen-bond acceptors (Lipinski definition) is 3. The van der Waals surface area contributed by atoms with Crippen molar-refractivity contribution in [1.29, 1.82) is 0 Å². The van der Waals surface area contributed by atoms with Crippen molar-refractivity contribution in [3.05, 3.63) is 35.9 Å². The fourth-order valence-electron chi connectivity index (χ4n) is 0.673. The van der Waals surface area contributed by atoms with Gasteiger partial charge in [-0.2, -0.15) is 8.42 Å². The molecule has 7 heteroatoms. The molecule has 0 aromatic heterocycles. The second-order valence-corrected chi connectivity index (χ2v) is 6.40. The zero-order valence-corrected chi connectivity index (χ0v) is 10.9. The van der Waals surface area contributed by atoms with Crippen LogP contribution < -0.4 is 4.34 Å². The Labute approximate surface area is 101 Å². The molecule has 0 spiro atoms. The van der Waals surface area contributed by atoms with Gasteiger partial charge in [-0.1, -0.05) is 30.3 Å². The van der Waals surface area contributed by atoms with E-state index < -0.39 is 8.26 Å². The Hall–Kier alpha value is 0.190. The van der Waals surface area contributed by atoms with E-state index in [2.05, 4.69) is 54.0 Å². The van der Waals surface area contributed by atoms with Gasteiger partial charge >= 0.3 is 8.26 Å². The predicted molar refractivity (Wildman–Crippen MR) is 62.8 cm³/mol. The van der Waals surface area contributed by atoms with Crippen LogP contribution in [0.4, 0.5) is 0 Å². The fraction of sp³-hybridized carbons (Fsp3) is 0.143. The molecule has 0 amide bonds. The van der Waals surface area contributed by atoms with Crippen molar-refractivity contribution >= 4 is 45.8 Å². The van der Waals surface area contributed by atoms with Gasteiger partial charge in [-0.3, -0.25) is 4.34 Å². The highest BCUT2D eigenvalue weighted by molar-refractivity contribution is 9.08. The maximum atomic E-state index is 9.16. The van der Waals surface area contributed by atoms with Crippen LogP contribution in [0, 0.1) is 0 Å². The van der Waals surface area contributed by atoms with E-state index in [-0.39, 0.29) is 0 Å². The summed E-state index contributed by atoms with van der Waals surface area (Å²) in [6.07, 6.45) is 0. The number of benzene rings is 1. The lowest BCUT2D eigenvalue weighted by atomic mass is 10.2. The molecule has 0 atom stereocenters. The first-order chi connectivity index (χ1) is 6.43. The van der Waals surface area contributed by atoms with Crippen molar-refractivity contribution < 1.29 is 8.42 Å². The van der Waals surface area contributed by atoms with Crippen molar-refractivity contribution in [3.63, 3.8) is 0 Å². The Balaban J connectivity index is 0.000000292. The third kappa shape index (κ3) is 12.2. The van der Waals surface area contributed by atoms with Crippen molar-refractivity contribution in [1.82, 2.24) is 4.34 Å². The van der Waals surface area contributed by atoms with Gasteiger partial charge in [0.1, 0.15) is 0 Å². The first-order valence-corrected chi connectivity index (χ1v) is 7.38. The molecule has 0 fully saturated rings. The van der Waals surface area contributed by atoms with Crippen LogP contribution in [-0.4, -0.2) is 8.42 Å². The minimum atomic E-state index is -3.72. The Bertz CT molecular complexity index is 336. The molecule has 80 valence electrons. The van der Waals surface area contributed by atoms with E-state index in [9.17, 15) is 0 Å². The average Bonchev–Trinajstić information content (AvgIpc) is 2.03. The molecule has 0 bridgehead atoms. The molecule has 1 rings (SSSR count). The largest absolute Gasteiger partial charge is 0.317 e. The highest BCUT2D eigenvalue weighted by Crippen LogP contribution is 1.98. The van der Waals surface area contributed by atoms with Gasteiger partial charge in [-0.05, 0) is 5.56 Å². The summed E-state index contributed by atoms with van der Waals surface area (Å²) in [6.45, 7) is 0.876. The highest BCUT2D eigenvalue weighted by Gasteiger charge is 1.88. The molecule has 0 aliphatic rings. The van der Waals surface area contributed by atoms with Crippen molar-refractivity contribution in [2.75, 3.05) is 0 Å². The molecule has 0 heterocycles. The van der Waals surface area contributed by atoms with Crippen molar-refractivity contribution in [2.45, 2.75) is 6.54 Å². The van der Waals surface area contributed by atoms with Crippen LogP contribution in [0.25, 0.3) is 0 Å². The van der Waals surface area contributed by atoms with Crippen LogP contribution in [0.15, 0.2) is 30.3 Å². The van der Waals surface area contributed by atoms with E-state index in [4.69, 9.17) is 8.42 Å². The van der Waals surface area contributed by atoms with Crippen LogP contribution >= 0.6 is 37.5 Å². The lowest BCUT2D eigenvalue weighted by molar-refractivity contribution is 0.621.